The monoisotopic (exact) mass is 306 g/mol. The lowest BCUT2D eigenvalue weighted by Crippen LogP contribution is -2.17. The highest BCUT2D eigenvalue weighted by Gasteiger charge is 2.12. The number of thiophene rings is 1. The van der Waals surface area contributed by atoms with E-state index in [4.69, 9.17) is 11.6 Å². The Morgan fingerprint density at radius 1 is 1.20 bits per heavy atom. The number of anilines is 2. The fourth-order valence-electron chi connectivity index (χ4n) is 2.65. The molecule has 2 aromatic rings. The van der Waals surface area contributed by atoms with Gasteiger partial charge in [-0.05, 0) is 55.7 Å². The molecule has 1 saturated heterocycles. The van der Waals surface area contributed by atoms with Crippen molar-refractivity contribution in [1.29, 1.82) is 0 Å². The van der Waals surface area contributed by atoms with Gasteiger partial charge < -0.3 is 10.2 Å². The lowest BCUT2D eigenvalue weighted by atomic mass is 10.1. The molecule has 0 amide bonds. The van der Waals surface area contributed by atoms with Crippen molar-refractivity contribution in [2.75, 3.05) is 23.3 Å². The van der Waals surface area contributed by atoms with E-state index in [9.17, 15) is 0 Å². The van der Waals surface area contributed by atoms with Crippen LogP contribution in [0, 0.1) is 6.92 Å². The van der Waals surface area contributed by atoms with Gasteiger partial charge in [-0.1, -0.05) is 11.6 Å². The molecule has 0 atom stereocenters. The topological polar surface area (TPSA) is 15.3 Å². The van der Waals surface area contributed by atoms with E-state index in [0.717, 1.165) is 10.9 Å². The van der Waals surface area contributed by atoms with Gasteiger partial charge in [0.05, 0.1) is 4.34 Å². The predicted molar refractivity (Wildman–Crippen MR) is 89.3 cm³/mol. The predicted octanol–water partition coefficient (Wildman–Crippen LogP) is 4.92. The molecule has 3 rings (SSSR count). The fraction of sp³-hybridized carbons (Fsp3) is 0.375. The molecule has 0 saturated carbocycles. The van der Waals surface area contributed by atoms with Crippen LogP contribution in [0.2, 0.25) is 4.34 Å². The average Bonchev–Trinajstić information content (AvgIpc) is 3.08. The summed E-state index contributed by atoms with van der Waals surface area (Å²) in [5.74, 6) is 0. The number of hydrogen-bond acceptors (Lipinski definition) is 3. The van der Waals surface area contributed by atoms with Crippen LogP contribution in [-0.4, -0.2) is 13.1 Å². The van der Waals surface area contributed by atoms with Crippen molar-refractivity contribution in [3.8, 4) is 0 Å². The van der Waals surface area contributed by atoms with Gasteiger partial charge in [0.25, 0.3) is 0 Å². The van der Waals surface area contributed by atoms with Gasteiger partial charge in [-0.25, -0.2) is 0 Å². The van der Waals surface area contributed by atoms with Gasteiger partial charge in [0, 0.05) is 35.9 Å². The Labute approximate surface area is 129 Å². The van der Waals surface area contributed by atoms with E-state index < -0.39 is 0 Å². The quantitative estimate of drug-likeness (QED) is 0.862. The maximum atomic E-state index is 5.95. The number of halogens is 1. The zero-order valence-corrected chi connectivity index (χ0v) is 13.2. The number of nitrogens with one attached hydrogen (secondary N) is 1. The first kappa shape index (κ1) is 13.8. The average molecular weight is 307 g/mol. The minimum absolute atomic E-state index is 0.835. The third-order valence-corrected chi connectivity index (χ3v) is 4.99. The lowest BCUT2D eigenvalue weighted by Gasteiger charge is -2.19. The van der Waals surface area contributed by atoms with Crippen LogP contribution in [0.1, 0.15) is 23.3 Å². The van der Waals surface area contributed by atoms with E-state index in [1.165, 1.54) is 47.7 Å². The molecule has 1 aromatic heterocycles. The Kier molecular flexibility index (Phi) is 4.18. The summed E-state index contributed by atoms with van der Waals surface area (Å²) in [5.41, 5.74) is 3.86. The maximum Gasteiger partial charge on any atom is 0.0931 e. The normalized spacial score (nSPS) is 14.8. The van der Waals surface area contributed by atoms with Gasteiger partial charge in [-0.3, -0.25) is 0 Å². The molecular weight excluding hydrogens is 288 g/mol. The largest absolute Gasteiger partial charge is 0.380 e. The molecule has 0 spiro atoms. The van der Waals surface area contributed by atoms with Crippen molar-refractivity contribution in [1.82, 2.24) is 0 Å². The summed E-state index contributed by atoms with van der Waals surface area (Å²) in [5, 5.41) is 3.49. The highest BCUT2D eigenvalue weighted by molar-refractivity contribution is 7.16. The van der Waals surface area contributed by atoms with Gasteiger partial charge in [-0.2, -0.15) is 0 Å². The molecule has 1 aliphatic rings. The SMILES string of the molecule is Cc1cc(N2CCCC2)ccc1NCc1ccc(Cl)s1. The number of rotatable bonds is 4. The zero-order valence-electron chi connectivity index (χ0n) is 11.7. The summed E-state index contributed by atoms with van der Waals surface area (Å²) in [4.78, 5) is 3.73. The van der Waals surface area contributed by atoms with Crippen LogP contribution in [0.15, 0.2) is 30.3 Å². The highest BCUT2D eigenvalue weighted by Crippen LogP contribution is 2.27. The smallest absolute Gasteiger partial charge is 0.0931 e. The van der Waals surface area contributed by atoms with Crippen LogP contribution < -0.4 is 10.2 Å². The van der Waals surface area contributed by atoms with Gasteiger partial charge in [-0.15, -0.1) is 11.3 Å². The summed E-state index contributed by atoms with van der Waals surface area (Å²) >= 11 is 7.58. The molecule has 1 aromatic carbocycles. The zero-order chi connectivity index (χ0) is 13.9. The Morgan fingerprint density at radius 3 is 2.65 bits per heavy atom. The van der Waals surface area contributed by atoms with Crippen LogP contribution in [-0.2, 0) is 6.54 Å². The third kappa shape index (κ3) is 3.10. The molecular formula is C16H19ClN2S. The first-order chi connectivity index (χ1) is 9.72. The Hall–Kier alpha value is -1.19. The molecule has 0 radical (unpaired) electrons. The van der Waals surface area contributed by atoms with Crippen LogP contribution in [0.5, 0.6) is 0 Å². The Balaban J connectivity index is 1.67. The molecule has 2 heterocycles. The summed E-state index contributed by atoms with van der Waals surface area (Å²) < 4.78 is 0.850. The first-order valence-corrected chi connectivity index (χ1v) is 8.25. The van der Waals surface area contributed by atoms with E-state index in [-0.39, 0.29) is 0 Å². The highest BCUT2D eigenvalue weighted by atomic mass is 35.5. The molecule has 1 fully saturated rings. The molecule has 0 bridgehead atoms. The summed E-state index contributed by atoms with van der Waals surface area (Å²) in [6.07, 6.45) is 2.64. The molecule has 1 aliphatic heterocycles. The summed E-state index contributed by atoms with van der Waals surface area (Å²) in [6.45, 7) is 5.39. The second-order valence-electron chi connectivity index (χ2n) is 5.25. The second-order valence-corrected chi connectivity index (χ2v) is 7.05. The molecule has 0 aliphatic carbocycles. The molecule has 0 unspecified atom stereocenters. The van der Waals surface area contributed by atoms with E-state index in [1.807, 2.05) is 6.07 Å². The van der Waals surface area contributed by atoms with Crippen molar-refractivity contribution in [3.63, 3.8) is 0 Å². The maximum absolute atomic E-state index is 5.95. The number of hydrogen-bond donors (Lipinski definition) is 1. The van der Waals surface area contributed by atoms with Gasteiger partial charge in [0.15, 0.2) is 0 Å². The van der Waals surface area contributed by atoms with Crippen molar-refractivity contribution in [3.05, 3.63) is 45.1 Å². The molecule has 2 nitrogen and oxygen atoms in total. The van der Waals surface area contributed by atoms with E-state index in [2.05, 4.69) is 41.4 Å². The minimum Gasteiger partial charge on any atom is -0.380 e. The lowest BCUT2D eigenvalue weighted by molar-refractivity contribution is 0.949. The molecule has 1 N–H and O–H groups in total. The molecule has 4 heteroatoms. The number of benzene rings is 1. The first-order valence-electron chi connectivity index (χ1n) is 7.06. The Morgan fingerprint density at radius 2 is 2.00 bits per heavy atom. The summed E-state index contributed by atoms with van der Waals surface area (Å²) in [7, 11) is 0. The van der Waals surface area contributed by atoms with Crippen molar-refractivity contribution in [2.24, 2.45) is 0 Å². The van der Waals surface area contributed by atoms with Crippen LogP contribution in [0.25, 0.3) is 0 Å². The summed E-state index contributed by atoms with van der Waals surface area (Å²) in [6, 6.07) is 10.7. The van der Waals surface area contributed by atoms with E-state index in [1.54, 1.807) is 11.3 Å². The standard InChI is InChI=1S/C16H19ClN2S/c1-12-10-13(19-8-2-3-9-19)4-6-15(12)18-11-14-5-7-16(17)20-14/h4-7,10,18H,2-3,8-9,11H2,1H3. The second kappa shape index (κ2) is 6.06. The van der Waals surface area contributed by atoms with Gasteiger partial charge in [0.2, 0.25) is 0 Å². The number of aryl methyl sites for hydroxylation is 1. The fourth-order valence-corrected chi connectivity index (χ4v) is 3.67. The minimum atomic E-state index is 0.835. The van der Waals surface area contributed by atoms with Crippen molar-refractivity contribution < 1.29 is 0 Å². The van der Waals surface area contributed by atoms with E-state index >= 15 is 0 Å². The molecule has 106 valence electrons. The third-order valence-electron chi connectivity index (χ3n) is 3.76. The van der Waals surface area contributed by atoms with Gasteiger partial charge >= 0.3 is 0 Å². The van der Waals surface area contributed by atoms with Crippen molar-refractivity contribution >= 4 is 34.3 Å². The number of nitrogens with zero attached hydrogens (tertiary/aromatic N) is 1. The Bertz CT molecular complexity index is 588. The van der Waals surface area contributed by atoms with Gasteiger partial charge in [0.1, 0.15) is 0 Å². The van der Waals surface area contributed by atoms with E-state index in [0.29, 0.717) is 0 Å². The van der Waals surface area contributed by atoms with Crippen molar-refractivity contribution in [2.45, 2.75) is 26.3 Å². The van der Waals surface area contributed by atoms with Crippen LogP contribution in [0.3, 0.4) is 0 Å². The molecule has 20 heavy (non-hydrogen) atoms. The van der Waals surface area contributed by atoms with Crippen LogP contribution >= 0.6 is 22.9 Å². The van der Waals surface area contributed by atoms with Crippen LogP contribution in [0.4, 0.5) is 11.4 Å².